The highest BCUT2D eigenvalue weighted by atomic mass is 35.5. The van der Waals surface area contributed by atoms with E-state index in [9.17, 15) is 9.59 Å². The molecule has 88 valence electrons. The van der Waals surface area contributed by atoms with Gasteiger partial charge in [0.15, 0.2) is 0 Å². The number of rotatable bonds is 2. The van der Waals surface area contributed by atoms with E-state index in [-0.39, 0.29) is 18.5 Å². The number of carbonyl (C=O) groups excluding carboxylic acids is 2. The van der Waals surface area contributed by atoms with Crippen LogP contribution in [0.2, 0.25) is 0 Å². The van der Waals surface area contributed by atoms with Crippen LogP contribution in [0.15, 0.2) is 30.3 Å². The molecule has 0 unspecified atom stereocenters. The minimum absolute atomic E-state index is 0. The lowest BCUT2D eigenvalue weighted by Gasteiger charge is -2.07. The molecule has 1 aromatic rings. The molecule has 0 saturated carbocycles. The second kappa shape index (κ2) is 6.85. The molecule has 0 aromatic heterocycles. The van der Waals surface area contributed by atoms with Crippen molar-refractivity contribution in [3.63, 3.8) is 0 Å². The van der Waals surface area contributed by atoms with E-state index in [4.69, 9.17) is 4.74 Å². The number of para-hydroxylation sites is 1. The number of carbonyl (C=O) groups is 2. The predicted octanol–water partition coefficient (Wildman–Crippen LogP) is 2.00. The van der Waals surface area contributed by atoms with E-state index in [1.54, 1.807) is 38.1 Å². The molecule has 0 fully saturated rings. The van der Waals surface area contributed by atoms with Crippen LogP contribution < -0.4 is 5.32 Å². The summed E-state index contributed by atoms with van der Waals surface area (Å²) in [6.45, 7) is 3.38. The number of amides is 1. The molecule has 4 nitrogen and oxygen atoms in total. The van der Waals surface area contributed by atoms with E-state index in [1.807, 2.05) is 6.07 Å². The summed E-state index contributed by atoms with van der Waals surface area (Å²) >= 11 is 0. The summed E-state index contributed by atoms with van der Waals surface area (Å²) in [5.41, 5.74) is 0.572. The molecule has 1 N–H and O–H groups in total. The van der Waals surface area contributed by atoms with Gasteiger partial charge in [-0.25, -0.2) is 4.79 Å². The molecule has 0 radical (unpaired) electrons. The molecule has 0 heterocycles. The highest BCUT2D eigenvalue weighted by molar-refractivity contribution is 6.37. The highest BCUT2D eigenvalue weighted by Gasteiger charge is 2.16. The number of nitrogens with one attached hydrogen (secondary N) is 1. The maximum Gasteiger partial charge on any atom is 0.397 e. The Balaban J connectivity index is 0.00000225. The summed E-state index contributed by atoms with van der Waals surface area (Å²) in [5, 5.41) is 2.43. The molecule has 1 amide bonds. The first kappa shape index (κ1) is 14.5. The van der Waals surface area contributed by atoms with Crippen molar-refractivity contribution in [1.82, 2.24) is 0 Å². The second-order valence-corrected chi connectivity index (χ2v) is 3.27. The topological polar surface area (TPSA) is 55.4 Å². The summed E-state index contributed by atoms with van der Waals surface area (Å²) in [6.07, 6.45) is -0.293. The van der Waals surface area contributed by atoms with Gasteiger partial charge >= 0.3 is 11.9 Å². The number of benzene rings is 1. The standard InChI is InChI=1S/C11H13NO3.ClH/c1-8(2)15-11(14)10(13)12-9-6-4-3-5-7-9;/h3-8H,1-2H3,(H,12,13);1H. The van der Waals surface area contributed by atoms with Crippen molar-refractivity contribution in [3.8, 4) is 0 Å². The fourth-order valence-electron chi connectivity index (χ4n) is 0.971. The third-order valence-corrected chi connectivity index (χ3v) is 1.56. The minimum atomic E-state index is -0.867. The number of ether oxygens (including phenoxy) is 1. The number of esters is 1. The molecule has 1 rings (SSSR count). The summed E-state index contributed by atoms with van der Waals surface area (Å²) < 4.78 is 4.73. The fourth-order valence-corrected chi connectivity index (χ4v) is 0.971. The molecule has 0 atom stereocenters. The first-order valence-electron chi connectivity index (χ1n) is 4.66. The van der Waals surface area contributed by atoms with Gasteiger partial charge in [-0.3, -0.25) is 4.79 Å². The van der Waals surface area contributed by atoms with E-state index >= 15 is 0 Å². The van der Waals surface area contributed by atoms with Gasteiger partial charge in [0.05, 0.1) is 6.10 Å². The first-order chi connectivity index (χ1) is 7.09. The average Bonchev–Trinajstić information content (AvgIpc) is 2.18. The van der Waals surface area contributed by atoms with Crippen molar-refractivity contribution in [2.24, 2.45) is 0 Å². The molecule has 0 aliphatic carbocycles. The Labute approximate surface area is 100 Å². The largest absolute Gasteiger partial charge is 0.456 e. The number of anilines is 1. The van der Waals surface area contributed by atoms with Crippen LogP contribution in [0, 0.1) is 0 Å². The van der Waals surface area contributed by atoms with Crippen LogP contribution >= 0.6 is 12.4 Å². The highest BCUT2D eigenvalue weighted by Crippen LogP contribution is 2.05. The van der Waals surface area contributed by atoms with Crippen LogP contribution in [0.5, 0.6) is 0 Å². The van der Waals surface area contributed by atoms with Crippen molar-refractivity contribution >= 4 is 30.0 Å². The van der Waals surface area contributed by atoms with Gasteiger partial charge in [-0.2, -0.15) is 0 Å². The Morgan fingerprint density at radius 2 is 1.75 bits per heavy atom. The van der Waals surface area contributed by atoms with Crippen molar-refractivity contribution in [2.75, 3.05) is 5.32 Å². The van der Waals surface area contributed by atoms with Gasteiger partial charge in [-0.1, -0.05) is 18.2 Å². The molecular weight excluding hydrogens is 230 g/mol. The minimum Gasteiger partial charge on any atom is -0.456 e. The molecular formula is C11H14ClNO3. The van der Waals surface area contributed by atoms with Gasteiger partial charge in [0.2, 0.25) is 0 Å². The SMILES string of the molecule is CC(C)OC(=O)C(=O)Nc1ccccc1.Cl. The van der Waals surface area contributed by atoms with Gasteiger partial charge in [-0.15, -0.1) is 12.4 Å². The first-order valence-corrected chi connectivity index (χ1v) is 4.66. The Kier molecular flexibility index (Phi) is 6.18. The number of hydrogen-bond acceptors (Lipinski definition) is 3. The molecule has 0 spiro atoms. The number of hydrogen-bond donors (Lipinski definition) is 1. The zero-order chi connectivity index (χ0) is 11.3. The lowest BCUT2D eigenvalue weighted by molar-refractivity contribution is -0.155. The van der Waals surface area contributed by atoms with Crippen molar-refractivity contribution in [3.05, 3.63) is 30.3 Å². The van der Waals surface area contributed by atoms with Crippen LogP contribution in [0.4, 0.5) is 5.69 Å². The van der Waals surface area contributed by atoms with Gasteiger partial charge in [0, 0.05) is 5.69 Å². The Morgan fingerprint density at radius 1 is 1.19 bits per heavy atom. The van der Waals surface area contributed by atoms with Crippen LogP contribution in [-0.2, 0) is 14.3 Å². The monoisotopic (exact) mass is 243 g/mol. The Morgan fingerprint density at radius 3 is 2.25 bits per heavy atom. The Bertz CT molecular complexity index is 352. The van der Waals surface area contributed by atoms with E-state index in [2.05, 4.69) is 5.32 Å². The van der Waals surface area contributed by atoms with E-state index in [1.165, 1.54) is 0 Å². The lowest BCUT2D eigenvalue weighted by Crippen LogP contribution is -2.27. The van der Waals surface area contributed by atoms with Gasteiger partial charge in [0.25, 0.3) is 0 Å². The van der Waals surface area contributed by atoms with Crippen molar-refractivity contribution in [1.29, 1.82) is 0 Å². The summed E-state index contributed by atoms with van der Waals surface area (Å²) in [5.74, 6) is -1.62. The Hall–Kier alpha value is -1.55. The van der Waals surface area contributed by atoms with Crippen molar-refractivity contribution in [2.45, 2.75) is 20.0 Å². The smallest absolute Gasteiger partial charge is 0.397 e. The maximum absolute atomic E-state index is 11.3. The maximum atomic E-state index is 11.3. The summed E-state index contributed by atoms with van der Waals surface area (Å²) in [6, 6.07) is 8.75. The quantitative estimate of drug-likeness (QED) is 0.639. The van der Waals surface area contributed by atoms with Gasteiger partial charge < -0.3 is 10.1 Å². The third-order valence-electron chi connectivity index (χ3n) is 1.56. The third kappa shape index (κ3) is 4.79. The predicted molar refractivity (Wildman–Crippen MR) is 63.5 cm³/mol. The van der Waals surface area contributed by atoms with Gasteiger partial charge in [-0.05, 0) is 26.0 Å². The molecule has 0 aliphatic rings. The molecule has 1 aromatic carbocycles. The van der Waals surface area contributed by atoms with Crippen LogP contribution in [-0.4, -0.2) is 18.0 Å². The zero-order valence-corrected chi connectivity index (χ0v) is 9.91. The average molecular weight is 244 g/mol. The number of halogens is 1. The van der Waals surface area contributed by atoms with E-state index < -0.39 is 11.9 Å². The van der Waals surface area contributed by atoms with E-state index in [0.717, 1.165) is 0 Å². The van der Waals surface area contributed by atoms with Crippen LogP contribution in [0.25, 0.3) is 0 Å². The van der Waals surface area contributed by atoms with Crippen molar-refractivity contribution < 1.29 is 14.3 Å². The molecule has 0 aliphatic heterocycles. The summed E-state index contributed by atoms with van der Waals surface area (Å²) in [4.78, 5) is 22.4. The molecule has 0 saturated heterocycles. The molecule has 5 heteroatoms. The second-order valence-electron chi connectivity index (χ2n) is 3.27. The van der Waals surface area contributed by atoms with Crippen LogP contribution in [0.1, 0.15) is 13.8 Å². The fraction of sp³-hybridized carbons (Fsp3) is 0.273. The normalized spacial score (nSPS) is 9.19. The molecule has 0 bridgehead atoms. The lowest BCUT2D eigenvalue weighted by atomic mass is 10.3. The zero-order valence-electron chi connectivity index (χ0n) is 9.10. The van der Waals surface area contributed by atoms with Gasteiger partial charge in [0.1, 0.15) is 0 Å². The van der Waals surface area contributed by atoms with Crippen LogP contribution in [0.3, 0.4) is 0 Å². The molecule has 16 heavy (non-hydrogen) atoms. The van der Waals surface area contributed by atoms with E-state index in [0.29, 0.717) is 5.69 Å². The summed E-state index contributed by atoms with van der Waals surface area (Å²) in [7, 11) is 0.